The van der Waals surface area contributed by atoms with Gasteiger partial charge in [-0.25, -0.2) is 0 Å². The zero-order valence-electron chi connectivity index (χ0n) is 19.8. The van der Waals surface area contributed by atoms with E-state index in [4.69, 9.17) is 9.47 Å². The van der Waals surface area contributed by atoms with Crippen molar-refractivity contribution in [2.24, 2.45) is 0 Å². The molecule has 0 unspecified atom stereocenters. The number of anilines is 1. The summed E-state index contributed by atoms with van der Waals surface area (Å²) in [6, 6.07) is 18.7. The second-order valence-corrected chi connectivity index (χ2v) is 8.38. The van der Waals surface area contributed by atoms with Crippen LogP contribution in [0.15, 0.2) is 60.7 Å². The highest BCUT2D eigenvalue weighted by Crippen LogP contribution is 2.35. The third kappa shape index (κ3) is 4.54. The predicted molar refractivity (Wildman–Crippen MR) is 130 cm³/mol. The Bertz CT molecular complexity index is 1140. The van der Waals surface area contributed by atoms with Crippen molar-refractivity contribution >= 4 is 17.5 Å². The van der Waals surface area contributed by atoms with Gasteiger partial charge >= 0.3 is 0 Å². The number of nitrogens with one attached hydrogen (secondary N) is 1. The van der Waals surface area contributed by atoms with Gasteiger partial charge in [-0.1, -0.05) is 30.3 Å². The van der Waals surface area contributed by atoms with Crippen LogP contribution in [0.1, 0.15) is 30.8 Å². The van der Waals surface area contributed by atoms with Crippen LogP contribution in [0, 0.1) is 0 Å². The summed E-state index contributed by atoms with van der Waals surface area (Å²) in [7, 11) is 1.63. The molecule has 1 N–H and O–H groups in total. The Morgan fingerprint density at radius 2 is 1.88 bits per heavy atom. The van der Waals surface area contributed by atoms with E-state index in [0.717, 1.165) is 5.56 Å². The SMILES string of the molecule is CCOc1ccc(N2C(=O)c3cc(-c4ccccc4)nn3C[C@@]2(C)C(=O)NCCCOC)cc1. The molecule has 8 heteroatoms. The lowest BCUT2D eigenvalue weighted by Crippen LogP contribution is -2.64. The number of rotatable bonds is 9. The molecule has 0 aliphatic carbocycles. The number of nitrogens with zero attached hydrogens (tertiary/aromatic N) is 3. The zero-order chi connectivity index (χ0) is 24.1. The standard InChI is InChI=1S/C26H30N4O4/c1-4-34-21-13-11-20(12-14-21)30-24(31)23-17-22(19-9-6-5-7-10-19)28-29(23)18-26(30,2)25(32)27-15-8-16-33-3/h5-7,9-14,17H,4,8,15-16,18H2,1-3H3,(H,27,32)/t26-/m0/s1. The van der Waals surface area contributed by atoms with E-state index in [0.29, 0.717) is 49.0 Å². The highest BCUT2D eigenvalue weighted by atomic mass is 16.5. The number of amides is 2. The van der Waals surface area contributed by atoms with Crippen LogP contribution in [0.2, 0.25) is 0 Å². The summed E-state index contributed by atoms with van der Waals surface area (Å²) in [5.41, 5.74) is 1.49. The smallest absolute Gasteiger partial charge is 0.277 e. The number of carbonyl (C=O) groups is 2. The van der Waals surface area contributed by atoms with E-state index in [1.807, 2.05) is 61.5 Å². The Morgan fingerprint density at radius 3 is 2.56 bits per heavy atom. The van der Waals surface area contributed by atoms with Crippen molar-refractivity contribution in [3.63, 3.8) is 0 Å². The van der Waals surface area contributed by atoms with Gasteiger partial charge in [-0.15, -0.1) is 0 Å². The fourth-order valence-electron chi connectivity index (χ4n) is 4.20. The van der Waals surface area contributed by atoms with E-state index >= 15 is 0 Å². The van der Waals surface area contributed by atoms with Gasteiger partial charge in [0.05, 0.1) is 18.8 Å². The molecule has 1 aliphatic rings. The molecule has 34 heavy (non-hydrogen) atoms. The predicted octanol–water partition coefficient (Wildman–Crippen LogP) is 3.52. The summed E-state index contributed by atoms with van der Waals surface area (Å²) in [5, 5.41) is 7.65. The van der Waals surface area contributed by atoms with E-state index in [2.05, 4.69) is 10.4 Å². The number of ether oxygens (including phenoxy) is 2. The molecule has 4 rings (SSSR count). The lowest BCUT2D eigenvalue weighted by atomic mass is 9.94. The second-order valence-electron chi connectivity index (χ2n) is 8.38. The van der Waals surface area contributed by atoms with Gasteiger partial charge in [0.15, 0.2) is 0 Å². The Labute approximate surface area is 199 Å². The third-order valence-corrected chi connectivity index (χ3v) is 5.93. The van der Waals surface area contributed by atoms with E-state index in [-0.39, 0.29) is 18.4 Å². The lowest BCUT2D eigenvalue weighted by Gasteiger charge is -2.43. The third-order valence-electron chi connectivity index (χ3n) is 5.93. The van der Waals surface area contributed by atoms with E-state index in [1.165, 1.54) is 0 Å². The van der Waals surface area contributed by atoms with Crippen LogP contribution in [-0.4, -0.2) is 54.0 Å². The molecule has 3 aromatic rings. The molecule has 0 radical (unpaired) electrons. The summed E-state index contributed by atoms with van der Waals surface area (Å²) >= 11 is 0. The molecule has 1 aliphatic heterocycles. The van der Waals surface area contributed by atoms with Crippen LogP contribution in [0.5, 0.6) is 5.75 Å². The maximum atomic E-state index is 13.8. The minimum absolute atomic E-state index is 0.226. The van der Waals surface area contributed by atoms with Gasteiger partial charge in [0, 0.05) is 31.5 Å². The maximum Gasteiger partial charge on any atom is 0.277 e. The van der Waals surface area contributed by atoms with Crippen molar-refractivity contribution in [1.82, 2.24) is 15.1 Å². The van der Waals surface area contributed by atoms with Crippen molar-refractivity contribution < 1.29 is 19.1 Å². The highest BCUT2D eigenvalue weighted by Gasteiger charge is 2.48. The fraction of sp³-hybridized carbons (Fsp3) is 0.346. The number of fused-ring (bicyclic) bond motifs is 1. The van der Waals surface area contributed by atoms with Crippen LogP contribution in [0.25, 0.3) is 11.3 Å². The van der Waals surface area contributed by atoms with Gasteiger partial charge in [0.25, 0.3) is 5.91 Å². The summed E-state index contributed by atoms with van der Waals surface area (Å²) in [6.07, 6.45) is 0.681. The molecule has 1 atom stereocenters. The average Bonchev–Trinajstić information content (AvgIpc) is 3.27. The molecule has 0 bridgehead atoms. The van der Waals surface area contributed by atoms with Crippen LogP contribution < -0.4 is 15.0 Å². The van der Waals surface area contributed by atoms with Crippen molar-refractivity contribution in [3.8, 4) is 17.0 Å². The molecular weight excluding hydrogens is 432 g/mol. The van der Waals surface area contributed by atoms with Gasteiger partial charge in [-0.05, 0) is 50.6 Å². The number of aromatic nitrogens is 2. The average molecular weight is 463 g/mol. The summed E-state index contributed by atoms with van der Waals surface area (Å²) < 4.78 is 12.3. The van der Waals surface area contributed by atoms with Gasteiger partial charge in [0.1, 0.15) is 17.0 Å². The monoisotopic (exact) mass is 462 g/mol. The zero-order valence-corrected chi connectivity index (χ0v) is 19.8. The van der Waals surface area contributed by atoms with Gasteiger partial charge in [-0.3, -0.25) is 19.2 Å². The molecular formula is C26H30N4O4. The number of benzene rings is 2. The summed E-state index contributed by atoms with van der Waals surface area (Å²) in [5.74, 6) is 0.186. The van der Waals surface area contributed by atoms with Crippen molar-refractivity contribution in [2.75, 3.05) is 31.8 Å². The lowest BCUT2D eigenvalue weighted by molar-refractivity contribution is -0.126. The Morgan fingerprint density at radius 1 is 1.15 bits per heavy atom. The summed E-state index contributed by atoms with van der Waals surface area (Å²) in [4.78, 5) is 28.8. The molecule has 2 aromatic carbocycles. The van der Waals surface area contributed by atoms with Crippen LogP contribution in [-0.2, 0) is 16.1 Å². The number of hydrogen-bond acceptors (Lipinski definition) is 5. The van der Waals surface area contributed by atoms with Crippen LogP contribution >= 0.6 is 0 Å². The summed E-state index contributed by atoms with van der Waals surface area (Å²) in [6.45, 7) is 5.46. The van der Waals surface area contributed by atoms with Crippen molar-refractivity contribution in [2.45, 2.75) is 32.4 Å². The topological polar surface area (TPSA) is 85.7 Å². The largest absolute Gasteiger partial charge is 0.494 e. The first-order valence-corrected chi connectivity index (χ1v) is 11.5. The van der Waals surface area contributed by atoms with Gasteiger partial charge in [-0.2, -0.15) is 5.10 Å². The highest BCUT2D eigenvalue weighted by molar-refractivity contribution is 6.12. The first-order valence-electron chi connectivity index (χ1n) is 11.5. The Kier molecular flexibility index (Phi) is 6.98. The van der Waals surface area contributed by atoms with Crippen molar-refractivity contribution in [1.29, 1.82) is 0 Å². The fourth-order valence-corrected chi connectivity index (χ4v) is 4.20. The Balaban J connectivity index is 1.72. The molecule has 0 saturated carbocycles. The molecule has 8 nitrogen and oxygen atoms in total. The van der Waals surface area contributed by atoms with E-state index in [1.54, 1.807) is 29.7 Å². The first-order chi connectivity index (χ1) is 16.5. The quantitative estimate of drug-likeness (QED) is 0.492. The minimum Gasteiger partial charge on any atom is -0.494 e. The number of methoxy groups -OCH3 is 1. The minimum atomic E-state index is -1.18. The van der Waals surface area contributed by atoms with E-state index in [9.17, 15) is 9.59 Å². The molecule has 0 saturated heterocycles. The van der Waals surface area contributed by atoms with Crippen LogP contribution in [0.3, 0.4) is 0 Å². The molecule has 0 spiro atoms. The second kappa shape index (κ2) is 10.1. The van der Waals surface area contributed by atoms with Gasteiger partial charge in [0.2, 0.25) is 5.91 Å². The molecule has 1 aromatic heterocycles. The van der Waals surface area contributed by atoms with Crippen LogP contribution in [0.4, 0.5) is 5.69 Å². The maximum absolute atomic E-state index is 13.8. The Hall–Kier alpha value is -3.65. The number of hydrogen-bond donors (Lipinski definition) is 1. The normalized spacial score (nSPS) is 17.4. The molecule has 2 heterocycles. The van der Waals surface area contributed by atoms with E-state index < -0.39 is 5.54 Å². The first kappa shape index (κ1) is 23.5. The molecule has 2 amide bonds. The molecule has 178 valence electrons. The number of carbonyl (C=O) groups excluding carboxylic acids is 2. The van der Waals surface area contributed by atoms with Gasteiger partial charge < -0.3 is 14.8 Å². The van der Waals surface area contributed by atoms with Crippen molar-refractivity contribution in [3.05, 3.63) is 66.4 Å². The molecule has 0 fully saturated rings.